The average Bonchev–Trinajstić information content (AvgIpc) is 1.81. The van der Waals surface area contributed by atoms with Crippen LogP contribution in [0.3, 0.4) is 0 Å². The molecule has 1 fully saturated rings. The minimum Gasteiger partial charge on any atom is -0.441 e. The topological polar surface area (TPSA) is 27.7 Å². The monoisotopic (exact) mass is 222 g/mol. The summed E-state index contributed by atoms with van der Waals surface area (Å²) in [5.74, 6) is 0. The van der Waals surface area contributed by atoms with Crippen molar-refractivity contribution in [2.45, 2.75) is 38.7 Å². The highest BCUT2D eigenvalue weighted by Crippen LogP contribution is 2.12. The van der Waals surface area contributed by atoms with Gasteiger partial charge in [0.1, 0.15) is 0 Å². The third kappa shape index (κ3) is 3.50. The van der Waals surface area contributed by atoms with Gasteiger partial charge < -0.3 is 12.7 Å². The third-order valence-electron chi connectivity index (χ3n) is 1.90. The predicted molar refractivity (Wildman–Crippen MR) is 56.6 cm³/mol. The van der Waals surface area contributed by atoms with Crippen LogP contribution in [-0.2, 0) is 12.7 Å². The highest BCUT2D eigenvalue weighted by Gasteiger charge is 2.24. The van der Waals surface area contributed by atoms with E-state index in [0.717, 1.165) is 6.04 Å². The summed E-state index contributed by atoms with van der Waals surface area (Å²) in [6, 6.07) is 1.14. The molecule has 6 heteroatoms. The van der Waals surface area contributed by atoms with Crippen LogP contribution >= 0.6 is 0 Å². The van der Waals surface area contributed by atoms with Crippen molar-refractivity contribution in [1.29, 1.82) is 0 Å². The first-order valence-corrected chi connectivity index (χ1v) is 11.2. The summed E-state index contributed by atoms with van der Waals surface area (Å²) >= 11 is 0. The van der Waals surface area contributed by atoms with E-state index < -0.39 is 27.6 Å². The third-order valence-corrected chi connectivity index (χ3v) is 10.5. The summed E-state index contributed by atoms with van der Waals surface area (Å²) in [6.07, 6.45) is 0.356. The molecule has 1 aliphatic heterocycles. The van der Waals surface area contributed by atoms with E-state index in [1.54, 1.807) is 0 Å². The van der Waals surface area contributed by atoms with E-state index in [0.29, 0.717) is 6.10 Å². The number of rotatable bonds is 0. The summed E-state index contributed by atoms with van der Waals surface area (Å²) in [7, 11) is -3.64. The fourth-order valence-electron chi connectivity index (χ4n) is 1.57. The Bertz CT molecular complexity index is 106. The van der Waals surface area contributed by atoms with E-state index in [4.69, 9.17) is 12.7 Å². The lowest BCUT2D eigenvalue weighted by molar-refractivity contribution is 0.188. The summed E-state index contributed by atoms with van der Waals surface area (Å²) in [5.41, 5.74) is 0. The van der Waals surface area contributed by atoms with Gasteiger partial charge in [-0.25, -0.2) is 0 Å². The highest BCUT2D eigenvalue weighted by molar-refractivity contribution is 6.66. The van der Waals surface area contributed by atoms with Crippen LogP contribution in [0.25, 0.3) is 0 Å². The van der Waals surface area contributed by atoms with Crippen LogP contribution in [0.15, 0.2) is 0 Å². The molecule has 0 saturated carbocycles. The first-order chi connectivity index (χ1) is 5.58. The fraction of sp³-hybridized carbons (Fsp3) is 1.00. The molecule has 0 bridgehead atoms. The quantitative estimate of drug-likeness (QED) is 0.559. The molecular formula is C6H18O3Si3. The lowest BCUT2D eigenvalue weighted by Gasteiger charge is -2.29. The molecule has 1 heterocycles. The van der Waals surface area contributed by atoms with Crippen molar-refractivity contribution in [2.24, 2.45) is 0 Å². The van der Waals surface area contributed by atoms with Crippen molar-refractivity contribution in [3.63, 3.8) is 0 Å². The zero-order chi connectivity index (χ0) is 9.14. The molecule has 1 rings (SSSR count). The molecule has 4 unspecified atom stereocenters. The van der Waals surface area contributed by atoms with Gasteiger partial charge in [-0.15, -0.1) is 0 Å². The van der Waals surface area contributed by atoms with E-state index >= 15 is 0 Å². The molecule has 12 heavy (non-hydrogen) atoms. The average molecular weight is 222 g/mol. The van der Waals surface area contributed by atoms with Gasteiger partial charge in [-0.05, 0) is 32.6 Å². The van der Waals surface area contributed by atoms with E-state index in [-0.39, 0.29) is 0 Å². The first kappa shape index (κ1) is 10.6. The van der Waals surface area contributed by atoms with Gasteiger partial charge in [0.2, 0.25) is 0 Å². The van der Waals surface area contributed by atoms with Crippen molar-refractivity contribution in [3.8, 4) is 0 Å². The molecule has 0 spiro atoms. The standard InChI is InChI=1S/C6H18O3Si3/c1-6-5-10(2)8-12(4)9-11(3)7-6/h6,10-12H,5H2,1-4H3. The van der Waals surface area contributed by atoms with E-state index in [2.05, 4.69) is 26.6 Å². The summed E-state index contributed by atoms with van der Waals surface area (Å²) in [6.45, 7) is 8.54. The smallest absolute Gasteiger partial charge is 0.309 e. The van der Waals surface area contributed by atoms with Crippen LogP contribution in [0.1, 0.15) is 6.92 Å². The molecule has 1 saturated heterocycles. The van der Waals surface area contributed by atoms with Crippen LogP contribution < -0.4 is 0 Å². The van der Waals surface area contributed by atoms with Crippen LogP contribution in [0.4, 0.5) is 0 Å². The minimum atomic E-state index is -1.35. The van der Waals surface area contributed by atoms with Crippen LogP contribution in [-0.4, -0.2) is 33.7 Å². The maximum Gasteiger partial charge on any atom is 0.309 e. The molecule has 0 aliphatic carbocycles. The van der Waals surface area contributed by atoms with Crippen LogP contribution in [0.5, 0.6) is 0 Å². The SMILES string of the molecule is CC1C[SiH](C)O[SiH](C)O[SiH](C)O1. The molecular weight excluding hydrogens is 204 g/mol. The lowest BCUT2D eigenvalue weighted by Crippen LogP contribution is -2.40. The van der Waals surface area contributed by atoms with Gasteiger partial charge in [0, 0.05) is 6.10 Å². The Labute approximate surface area is 79.4 Å². The second-order valence-corrected chi connectivity index (χ2v) is 10.2. The van der Waals surface area contributed by atoms with Gasteiger partial charge in [-0.3, -0.25) is 0 Å². The summed E-state index contributed by atoms with van der Waals surface area (Å²) in [4.78, 5) is 0. The highest BCUT2D eigenvalue weighted by atomic mass is 28.4. The largest absolute Gasteiger partial charge is 0.441 e. The minimum absolute atomic E-state index is 0.356. The van der Waals surface area contributed by atoms with Crippen molar-refractivity contribution in [3.05, 3.63) is 0 Å². The number of hydrogen-bond donors (Lipinski definition) is 0. The Kier molecular flexibility index (Phi) is 4.14. The zero-order valence-corrected chi connectivity index (χ0v) is 11.7. The second kappa shape index (κ2) is 4.68. The van der Waals surface area contributed by atoms with Crippen molar-refractivity contribution in [1.82, 2.24) is 0 Å². The van der Waals surface area contributed by atoms with E-state index in [1.807, 2.05) is 0 Å². The Morgan fingerprint density at radius 3 is 2.42 bits per heavy atom. The van der Waals surface area contributed by atoms with Gasteiger partial charge in [-0.2, -0.15) is 0 Å². The Morgan fingerprint density at radius 1 is 1.08 bits per heavy atom. The molecule has 0 N–H and O–H groups in total. The van der Waals surface area contributed by atoms with Gasteiger partial charge in [0.25, 0.3) is 9.28 Å². The number of hydrogen-bond acceptors (Lipinski definition) is 3. The molecule has 0 aromatic carbocycles. The molecule has 0 aromatic rings. The fourth-order valence-corrected chi connectivity index (χ4v) is 9.91. The first-order valence-electron chi connectivity index (χ1n) is 4.54. The Balaban J connectivity index is 2.45. The van der Waals surface area contributed by atoms with Crippen molar-refractivity contribution < 1.29 is 12.7 Å². The molecule has 3 nitrogen and oxygen atoms in total. The lowest BCUT2D eigenvalue weighted by atomic mass is 10.5. The summed E-state index contributed by atoms with van der Waals surface area (Å²) < 4.78 is 17.3. The second-order valence-electron chi connectivity index (χ2n) is 3.40. The van der Waals surface area contributed by atoms with Gasteiger partial charge in [0.15, 0.2) is 9.04 Å². The molecule has 72 valence electrons. The molecule has 0 aromatic heterocycles. The van der Waals surface area contributed by atoms with Gasteiger partial charge in [0.05, 0.1) is 0 Å². The molecule has 1 aliphatic rings. The maximum atomic E-state index is 5.84. The predicted octanol–water partition coefficient (Wildman–Crippen LogP) is 0.492. The normalized spacial score (nSPS) is 45.0. The van der Waals surface area contributed by atoms with E-state index in [1.165, 1.54) is 0 Å². The maximum absolute atomic E-state index is 5.84. The van der Waals surface area contributed by atoms with Gasteiger partial charge >= 0.3 is 9.28 Å². The molecule has 4 atom stereocenters. The zero-order valence-electron chi connectivity index (χ0n) is 8.24. The summed E-state index contributed by atoms with van der Waals surface area (Å²) in [5, 5.41) is 0. The van der Waals surface area contributed by atoms with Crippen LogP contribution in [0.2, 0.25) is 25.7 Å². The van der Waals surface area contributed by atoms with Gasteiger partial charge in [-0.1, -0.05) is 0 Å². The molecule has 0 radical (unpaired) electrons. The van der Waals surface area contributed by atoms with Crippen molar-refractivity contribution >= 4 is 27.6 Å². The Hall–Kier alpha value is 0.531. The molecule has 0 amide bonds. The Morgan fingerprint density at radius 2 is 1.75 bits per heavy atom. The van der Waals surface area contributed by atoms with E-state index in [9.17, 15) is 0 Å². The van der Waals surface area contributed by atoms with Crippen molar-refractivity contribution in [2.75, 3.05) is 0 Å². The van der Waals surface area contributed by atoms with Crippen LogP contribution in [0, 0.1) is 0 Å².